The summed E-state index contributed by atoms with van der Waals surface area (Å²) >= 11 is 0. The third-order valence-electron chi connectivity index (χ3n) is 11.4. The molecule has 0 radical (unpaired) electrons. The van der Waals surface area contributed by atoms with E-state index in [-0.39, 0.29) is 40.5 Å². The van der Waals surface area contributed by atoms with Crippen molar-refractivity contribution < 1.29 is 32.4 Å². The van der Waals surface area contributed by atoms with E-state index in [1.165, 1.54) is 28.4 Å². The molecule has 0 bridgehead atoms. The van der Waals surface area contributed by atoms with Gasteiger partial charge in [-0.25, -0.2) is 13.2 Å². The summed E-state index contributed by atoms with van der Waals surface area (Å²) in [5, 5.41) is 8.57. The molecule has 278 valence electrons. The fraction of sp³-hybridized carbons (Fsp3) is 0.694. The molecule has 0 spiro atoms. The summed E-state index contributed by atoms with van der Waals surface area (Å²) in [7, 11) is -2.35. The van der Waals surface area contributed by atoms with Crippen LogP contribution in [0.25, 0.3) is 0 Å². The van der Waals surface area contributed by atoms with Gasteiger partial charge in [-0.3, -0.25) is 19.2 Å². The Hall–Kier alpha value is -3.52. The van der Waals surface area contributed by atoms with E-state index >= 15 is 0 Å². The zero-order chi connectivity index (χ0) is 37.3. The van der Waals surface area contributed by atoms with Gasteiger partial charge in [-0.2, -0.15) is 4.31 Å². The van der Waals surface area contributed by atoms with Gasteiger partial charge in [0.15, 0.2) is 0 Å². The van der Waals surface area contributed by atoms with Crippen molar-refractivity contribution in [2.45, 2.75) is 110 Å². The van der Waals surface area contributed by atoms with Crippen molar-refractivity contribution in [1.29, 1.82) is 0 Å². The van der Waals surface area contributed by atoms with Gasteiger partial charge in [0, 0.05) is 26.2 Å². The molecular formula is C36H56N6O7S. The van der Waals surface area contributed by atoms with Crippen LogP contribution in [0, 0.1) is 34.5 Å². The first-order valence-electron chi connectivity index (χ1n) is 17.7. The van der Waals surface area contributed by atoms with Crippen LogP contribution in [0.4, 0.5) is 4.79 Å². The van der Waals surface area contributed by atoms with Gasteiger partial charge in [0.05, 0.1) is 10.9 Å². The number of likely N-dealkylation sites (tertiary alicyclic amines) is 1. The minimum absolute atomic E-state index is 0.00659. The number of hydrogen-bond donors (Lipinski definition) is 4. The molecule has 1 saturated heterocycles. The number of benzene rings is 1. The third-order valence-corrected chi connectivity index (χ3v) is 13.2. The topological polar surface area (TPSA) is 188 Å². The lowest BCUT2D eigenvalue weighted by atomic mass is 9.80. The third kappa shape index (κ3) is 8.33. The predicted molar refractivity (Wildman–Crippen MR) is 189 cm³/mol. The molecule has 2 saturated carbocycles. The standard InChI is InChI=1S/C36H56N6O7S/c1-9-21(2)26(20-41(8)50(48,49)23-16-11-10-12-17-23)39-34(47)40-30(35(3,4)5)33(46)42-19-24-27(36(24,6)7)28(42)32(45)38-25(29(43)31(37)44)18-22-14-13-15-22/h10-12,16-17,21-22,24-28,30H,9,13-15,18-20H2,1-8H3,(H2,37,44)(H,38,45)(H2,39,40,47)/t21?,24-,25?,26+,27?,28-,30+/m0/s1. The van der Waals surface area contributed by atoms with E-state index in [1.54, 1.807) is 18.2 Å². The van der Waals surface area contributed by atoms with Crippen LogP contribution in [-0.2, 0) is 29.2 Å². The van der Waals surface area contributed by atoms with Crippen molar-refractivity contribution in [2.75, 3.05) is 20.1 Å². The van der Waals surface area contributed by atoms with Crippen LogP contribution in [0.5, 0.6) is 0 Å². The Balaban J connectivity index is 1.52. The number of carbonyl (C=O) groups excluding carboxylic acids is 5. The number of rotatable bonds is 15. The van der Waals surface area contributed by atoms with Crippen LogP contribution in [0.2, 0.25) is 0 Å². The molecule has 5 amide bonds. The second kappa shape index (κ2) is 15.0. The molecule has 3 aliphatic rings. The number of fused-ring (bicyclic) bond motifs is 1. The van der Waals surface area contributed by atoms with Crippen molar-refractivity contribution >= 4 is 39.6 Å². The number of urea groups is 1. The largest absolute Gasteiger partial charge is 0.363 e. The van der Waals surface area contributed by atoms with E-state index in [4.69, 9.17) is 5.73 Å². The second-order valence-electron chi connectivity index (χ2n) is 16.2. The summed E-state index contributed by atoms with van der Waals surface area (Å²) < 4.78 is 27.7. The predicted octanol–water partition coefficient (Wildman–Crippen LogP) is 2.65. The van der Waals surface area contributed by atoms with Crippen LogP contribution in [-0.4, -0.2) is 91.5 Å². The van der Waals surface area contributed by atoms with E-state index in [2.05, 4.69) is 16.0 Å². The quantitative estimate of drug-likeness (QED) is 0.201. The van der Waals surface area contributed by atoms with Gasteiger partial charge in [-0.05, 0) is 53.1 Å². The minimum atomic E-state index is -3.82. The van der Waals surface area contributed by atoms with E-state index in [1.807, 2.05) is 48.5 Å². The van der Waals surface area contributed by atoms with Crippen LogP contribution >= 0.6 is 0 Å². The van der Waals surface area contributed by atoms with Crippen molar-refractivity contribution in [3.63, 3.8) is 0 Å². The van der Waals surface area contributed by atoms with Crippen LogP contribution in [0.15, 0.2) is 35.2 Å². The Bertz CT molecular complexity index is 1560. The number of hydrogen-bond acceptors (Lipinski definition) is 7. The number of amides is 5. The highest BCUT2D eigenvalue weighted by molar-refractivity contribution is 7.89. The Kier molecular flexibility index (Phi) is 11.8. The van der Waals surface area contributed by atoms with Crippen molar-refractivity contribution in [3.05, 3.63) is 30.3 Å². The SMILES string of the molecule is CCC(C)[C@@H](CN(C)S(=O)(=O)c1ccccc1)NC(=O)N[C@H](C(=O)N1C[C@H]2C([C@H]1C(=O)NC(CC1CCC1)C(=O)C(N)=O)C2(C)C)C(C)(C)C. The van der Waals surface area contributed by atoms with E-state index in [9.17, 15) is 32.4 Å². The summed E-state index contributed by atoms with van der Waals surface area (Å²) in [5.41, 5.74) is 4.36. The zero-order valence-electron chi connectivity index (χ0n) is 30.7. The first-order valence-corrected chi connectivity index (χ1v) is 19.2. The fourth-order valence-electron chi connectivity index (χ4n) is 7.49. The molecule has 13 nitrogen and oxygen atoms in total. The molecule has 1 aromatic rings. The molecule has 14 heteroatoms. The molecule has 4 rings (SSSR count). The Labute approximate surface area is 296 Å². The molecule has 1 aliphatic heterocycles. The number of nitrogens with two attached hydrogens (primary N) is 1. The number of piperidine rings is 1. The number of ketones is 1. The number of likely N-dealkylation sites (N-methyl/N-ethyl adjacent to an activating group) is 1. The van der Waals surface area contributed by atoms with Gasteiger partial charge in [0.1, 0.15) is 12.1 Å². The average molecular weight is 717 g/mol. The summed E-state index contributed by atoms with van der Waals surface area (Å²) in [6.07, 6.45) is 3.81. The maximum absolute atomic E-state index is 14.4. The van der Waals surface area contributed by atoms with E-state index in [0.29, 0.717) is 19.4 Å². The molecule has 50 heavy (non-hydrogen) atoms. The summed E-state index contributed by atoms with van der Waals surface area (Å²) in [4.78, 5) is 68.3. The molecule has 1 aromatic carbocycles. The highest BCUT2D eigenvalue weighted by atomic mass is 32.2. The normalized spacial score (nSPS) is 23.9. The average Bonchev–Trinajstić information content (AvgIpc) is 3.33. The van der Waals surface area contributed by atoms with Gasteiger partial charge in [0.25, 0.3) is 5.91 Å². The van der Waals surface area contributed by atoms with Gasteiger partial charge in [-0.1, -0.05) is 92.3 Å². The fourth-order valence-corrected chi connectivity index (χ4v) is 8.71. The molecule has 2 aliphatic carbocycles. The lowest BCUT2D eigenvalue weighted by Gasteiger charge is -2.38. The maximum Gasteiger partial charge on any atom is 0.315 e. The smallest absolute Gasteiger partial charge is 0.315 e. The Morgan fingerprint density at radius 1 is 1.04 bits per heavy atom. The molecule has 3 unspecified atom stereocenters. The highest BCUT2D eigenvalue weighted by Crippen LogP contribution is 2.65. The lowest BCUT2D eigenvalue weighted by Crippen LogP contribution is -2.62. The molecule has 7 atom stereocenters. The molecule has 1 heterocycles. The van der Waals surface area contributed by atoms with Gasteiger partial charge < -0.3 is 26.6 Å². The number of nitrogens with zero attached hydrogens (tertiary/aromatic N) is 2. The first kappa shape index (κ1) is 39.3. The van der Waals surface area contributed by atoms with Gasteiger partial charge in [-0.15, -0.1) is 0 Å². The number of Topliss-reactive ketones (excluding diaryl/α,β-unsaturated/α-hetero) is 1. The second-order valence-corrected chi connectivity index (χ2v) is 18.3. The van der Waals surface area contributed by atoms with Crippen LogP contribution in [0.3, 0.4) is 0 Å². The Morgan fingerprint density at radius 2 is 1.66 bits per heavy atom. The van der Waals surface area contributed by atoms with E-state index < -0.39 is 69.1 Å². The molecule has 0 aromatic heterocycles. The minimum Gasteiger partial charge on any atom is -0.363 e. The number of sulfonamides is 1. The van der Waals surface area contributed by atoms with Gasteiger partial charge >= 0.3 is 6.03 Å². The van der Waals surface area contributed by atoms with Crippen molar-refractivity contribution in [3.8, 4) is 0 Å². The summed E-state index contributed by atoms with van der Waals surface area (Å²) in [5.74, 6) is -2.91. The van der Waals surface area contributed by atoms with Crippen LogP contribution in [0.1, 0.15) is 80.6 Å². The monoisotopic (exact) mass is 716 g/mol. The van der Waals surface area contributed by atoms with Crippen molar-refractivity contribution in [2.24, 2.45) is 40.2 Å². The van der Waals surface area contributed by atoms with E-state index in [0.717, 1.165) is 19.3 Å². The maximum atomic E-state index is 14.4. The van der Waals surface area contributed by atoms with Crippen molar-refractivity contribution in [1.82, 2.24) is 25.2 Å². The summed E-state index contributed by atoms with van der Waals surface area (Å²) in [6.45, 7) is 13.7. The Morgan fingerprint density at radius 3 is 2.18 bits per heavy atom. The lowest BCUT2D eigenvalue weighted by molar-refractivity contribution is -0.145. The number of primary amides is 1. The summed E-state index contributed by atoms with van der Waals surface area (Å²) in [6, 6.07) is 3.86. The highest BCUT2D eigenvalue weighted by Gasteiger charge is 2.70. The van der Waals surface area contributed by atoms with Crippen LogP contribution < -0.4 is 21.7 Å². The molecule has 5 N–H and O–H groups in total. The zero-order valence-corrected chi connectivity index (χ0v) is 31.5. The molecular weight excluding hydrogens is 660 g/mol. The number of carbonyl (C=O) groups is 5. The number of nitrogens with one attached hydrogen (secondary N) is 3. The van der Waals surface area contributed by atoms with Gasteiger partial charge in [0.2, 0.25) is 27.6 Å². The first-order chi connectivity index (χ1) is 23.2. The molecule has 3 fully saturated rings.